The maximum atomic E-state index is 12.4. The van der Waals surface area contributed by atoms with Crippen LogP contribution in [0.25, 0.3) is 6.08 Å². The minimum Gasteiger partial charge on any atom is -0.343 e. The van der Waals surface area contributed by atoms with E-state index in [0.29, 0.717) is 6.04 Å². The average molecular weight is 370 g/mol. The molecule has 0 spiro atoms. The molecule has 5 nitrogen and oxygen atoms in total. The van der Waals surface area contributed by atoms with Gasteiger partial charge in [0.1, 0.15) is 0 Å². The van der Waals surface area contributed by atoms with Crippen molar-refractivity contribution in [2.24, 2.45) is 0 Å². The van der Waals surface area contributed by atoms with Gasteiger partial charge in [0.25, 0.3) is 0 Å². The zero-order chi connectivity index (χ0) is 19.1. The van der Waals surface area contributed by atoms with Gasteiger partial charge in [0, 0.05) is 31.2 Å². The largest absolute Gasteiger partial charge is 0.343 e. The highest BCUT2D eigenvalue weighted by molar-refractivity contribution is 5.94. The number of benzene rings is 1. The van der Waals surface area contributed by atoms with E-state index in [4.69, 9.17) is 0 Å². The quantitative estimate of drug-likeness (QED) is 0.785. The summed E-state index contributed by atoms with van der Waals surface area (Å²) in [6.07, 6.45) is 10.6. The molecular formula is C22H31N3O2. The third-order valence-electron chi connectivity index (χ3n) is 5.93. The number of rotatable bonds is 6. The first-order chi connectivity index (χ1) is 13.1. The molecule has 5 heteroatoms. The van der Waals surface area contributed by atoms with Crippen LogP contribution in [-0.2, 0) is 9.59 Å². The third kappa shape index (κ3) is 5.67. The van der Waals surface area contributed by atoms with Crippen LogP contribution in [0.5, 0.6) is 0 Å². The summed E-state index contributed by atoms with van der Waals surface area (Å²) >= 11 is 0. The van der Waals surface area contributed by atoms with E-state index in [1.807, 2.05) is 35.2 Å². The van der Waals surface area contributed by atoms with Crippen molar-refractivity contribution < 1.29 is 9.59 Å². The lowest BCUT2D eigenvalue weighted by Gasteiger charge is -2.39. The van der Waals surface area contributed by atoms with E-state index in [9.17, 15) is 9.59 Å². The highest BCUT2D eigenvalue weighted by Gasteiger charge is 2.29. The molecule has 0 aromatic heterocycles. The van der Waals surface area contributed by atoms with Crippen LogP contribution in [0.15, 0.2) is 36.4 Å². The average Bonchev–Trinajstić information content (AvgIpc) is 3.25. The first-order valence-electron chi connectivity index (χ1n) is 10.1. The van der Waals surface area contributed by atoms with E-state index >= 15 is 0 Å². The summed E-state index contributed by atoms with van der Waals surface area (Å²) in [4.78, 5) is 28.7. The number of amides is 2. The molecule has 1 heterocycles. The number of hydrogen-bond acceptors (Lipinski definition) is 3. The van der Waals surface area contributed by atoms with Crippen LogP contribution in [0.3, 0.4) is 0 Å². The van der Waals surface area contributed by atoms with E-state index in [1.165, 1.54) is 31.8 Å². The highest BCUT2D eigenvalue weighted by Crippen LogP contribution is 2.27. The maximum Gasteiger partial charge on any atom is 0.244 e. The van der Waals surface area contributed by atoms with Crippen LogP contribution < -0.4 is 5.32 Å². The molecule has 0 unspecified atom stereocenters. The Morgan fingerprint density at radius 1 is 1.07 bits per heavy atom. The van der Waals surface area contributed by atoms with Crippen LogP contribution in [0.2, 0.25) is 0 Å². The zero-order valence-electron chi connectivity index (χ0n) is 16.3. The van der Waals surface area contributed by atoms with Gasteiger partial charge in [-0.3, -0.25) is 9.59 Å². The summed E-state index contributed by atoms with van der Waals surface area (Å²) in [7, 11) is 2.25. The van der Waals surface area contributed by atoms with E-state index in [2.05, 4.69) is 17.3 Å². The lowest BCUT2D eigenvalue weighted by atomic mass is 10.0. The molecule has 0 bridgehead atoms. The van der Waals surface area contributed by atoms with Gasteiger partial charge in [0.05, 0.1) is 6.54 Å². The van der Waals surface area contributed by atoms with Gasteiger partial charge in [0.15, 0.2) is 0 Å². The fourth-order valence-electron chi connectivity index (χ4n) is 4.20. The molecule has 2 aliphatic rings. The number of hydrogen-bond donors (Lipinski definition) is 1. The molecule has 0 radical (unpaired) electrons. The van der Waals surface area contributed by atoms with Crippen LogP contribution in [-0.4, -0.2) is 60.4 Å². The van der Waals surface area contributed by atoms with Crippen molar-refractivity contribution in [1.82, 2.24) is 15.1 Å². The lowest BCUT2D eigenvalue weighted by molar-refractivity contribution is -0.133. The molecule has 146 valence electrons. The van der Waals surface area contributed by atoms with E-state index in [-0.39, 0.29) is 18.4 Å². The third-order valence-corrected chi connectivity index (χ3v) is 5.93. The predicted molar refractivity (Wildman–Crippen MR) is 108 cm³/mol. The van der Waals surface area contributed by atoms with Crippen molar-refractivity contribution in [3.05, 3.63) is 42.0 Å². The van der Waals surface area contributed by atoms with Gasteiger partial charge in [-0.2, -0.15) is 0 Å². The van der Waals surface area contributed by atoms with Gasteiger partial charge in [0.2, 0.25) is 11.8 Å². The Labute approximate surface area is 162 Å². The smallest absolute Gasteiger partial charge is 0.244 e. The molecular weight excluding hydrogens is 338 g/mol. The summed E-state index contributed by atoms with van der Waals surface area (Å²) in [5, 5.41) is 2.70. The molecule has 2 amide bonds. The van der Waals surface area contributed by atoms with Gasteiger partial charge in [-0.15, -0.1) is 0 Å². The minimum absolute atomic E-state index is 0.0124. The number of nitrogens with one attached hydrogen (secondary N) is 1. The SMILES string of the molecule is CN(C1CCCC1)C1CCN(C(=O)CNC(=O)C=Cc2ccccc2)CC1. The molecule has 3 rings (SSSR count). The first kappa shape index (κ1) is 19.6. The molecule has 1 N–H and O–H groups in total. The molecule has 1 aliphatic carbocycles. The molecule has 1 aromatic carbocycles. The van der Waals surface area contributed by atoms with Crippen molar-refractivity contribution in [2.45, 2.75) is 50.6 Å². The van der Waals surface area contributed by atoms with Crippen LogP contribution in [0.1, 0.15) is 44.1 Å². The van der Waals surface area contributed by atoms with Crippen LogP contribution in [0.4, 0.5) is 0 Å². The van der Waals surface area contributed by atoms with E-state index < -0.39 is 0 Å². The van der Waals surface area contributed by atoms with Crippen molar-refractivity contribution in [3.8, 4) is 0 Å². The van der Waals surface area contributed by atoms with Crippen molar-refractivity contribution >= 4 is 17.9 Å². The molecule has 2 fully saturated rings. The Balaban J connectivity index is 1.38. The van der Waals surface area contributed by atoms with E-state index in [0.717, 1.165) is 37.5 Å². The number of carbonyl (C=O) groups excluding carboxylic acids is 2. The van der Waals surface area contributed by atoms with Gasteiger partial charge in [-0.1, -0.05) is 43.2 Å². The van der Waals surface area contributed by atoms with Crippen molar-refractivity contribution in [2.75, 3.05) is 26.7 Å². The number of likely N-dealkylation sites (tertiary alicyclic amines) is 1. The molecule has 1 aliphatic heterocycles. The zero-order valence-corrected chi connectivity index (χ0v) is 16.3. The summed E-state index contributed by atoms with van der Waals surface area (Å²) in [6.45, 7) is 1.65. The Morgan fingerprint density at radius 2 is 1.70 bits per heavy atom. The van der Waals surface area contributed by atoms with Gasteiger partial charge < -0.3 is 15.1 Å². The number of piperidine rings is 1. The standard InChI is InChI=1S/C22H31N3O2/c1-24(19-9-5-6-10-19)20-13-15-25(16-14-20)22(27)17-23-21(26)12-11-18-7-3-2-4-8-18/h2-4,7-8,11-12,19-20H,5-6,9-10,13-17H2,1H3,(H,23,26). The second-order valence-corrected chi connectivity index (χ2v) is 7.68. The second kappa shape index (κ2) is 9.70. The molecule has 27 heavy (non-hydrogen) atoms. The van der Waals surface area contributed by atoms with Gasteiger partial charge in [-0.05, 0) is 44.4 Å². The lowest BCUT2D eigenvalue weighted by Crippen LogP contribution is -2.49. The summed E-state index contributed by atoms with van der Waals surface area (Å²) in [5.74, 6) is -0.221. The molecule has 0 atom stereocenters. The van der Waals surface area contributed by atoms with Crippen molar-refractivity contribution in [1.29, 1.82) is 0 Å². The summed E-state index contributed by atoms with van der Waals surface area (Å²) < 4.78 is 0. The highest BCUT2D eigenvalue weighted by atomic mass is 16.2. The van der Waals surface area contributed by atoms with Crippen LogP contribution >= 0.6 is 0 Å². The number of nitrogens with zero attached hydrogens (tertiary/aromatic N) is 2. The Bertz CT molecular complexity index is 645. The van der Waals surface area contributed by atoms with E-state index in [1.54, 1.807) is 6.08 Å². The monoisotopic (exact) mass is 369 g/mol. The Morgan fingerprint density at radius 3 is 2.37 bits per heavy atom. The second-order valence-electron chi connectivity index (χ2n) is 7.68. The normalized spacial score (nSPS) is 19.1. The molecule has 1 saturated carbocycles. The number of carbonyl (C=O) groups is 2. The summed E-state index contributed by atoms with van der Waals surface area (Å²) in [6, 6.07) is 11.0. The van der Waals surface area contributed by atoms with Gasteiger partial charge >= 0.3 is 0 Å². The Kier molecular flexibility index (Phi) is 7.04. The molecule has 1 aromatic rings. The minimum atomic E-state index is -0.233. The van der Waals surface area contributed by atoms with Crippen LogP contribution in [0, 0.1) is 0 Å². The fraction of sp³-hybridized carbons (Fsp3) is 0.545. The maximum absolute atomic E-state index is 12.4. The first-order valence-corrected chi connectivity index (χ1v) is 10.1. The summed E-state index contributed by atoms with van der Waals surface area (Å²) in [5.41, 5.74) is 0.965. The van der Waals surface area contributed by atoms with Crippen molar-refractivity contribution in [3.63, 3.8) is 0 Å². The predicted octanol–water partition coefficient (Wildman–Crippen LogP) is 2.68. The molecule has 1 saturated heterocycles. The fourth-order valence-corrected chi connectivity index (χ4v) is 4.20. The topological polar surface area (TPSA) is 52.6 Å². The van der Waals surface area contributed by atoms with Gasteiger partial charge in [-0.25, -0.2) is 0 Å². The Hall–Kier alpha value is -2.14.